The fourth-order valence-electron chi connectivity index (χ4n) is 2.48. The number of nitrogens with zero attached hydrogens (tertiary/aromatic N) is 3. The number of rotatable bonds is 5. The van der Waals surface area contributed by atoms with Crippen LogP contribution in [0.1, 0.15) is 49.9 Å². The first-order chi connectivity index (χ1) is 9.80. The molecule has 2 heterocycles. The van der Waals surface area contributed by atoms with E-state index >= 15 is 0 Å². The molecule has 5 nitrogen and oxygen atoms in total. The predicted octanol–water partition coefficient (Wildman–Crippen LogP) is 2.42. The van der Waals surface area contributed by atoms with Crippen LogP contribution in [-0.2, 0) is 17.6 Å². The minimum atomic E-state index is 0.105. The lowest BCUT2D eigenvalue weighted by atomic mass is 10.0. The third-order valence-electron chi connectivity index (χ3n) is 3.61. The van der Waals surface area contributed by atoms with Gasteiger partial charge in [0.25, 0.3) is 5.88 Å². The molecule has 5 heteroatoms. The van der Waals surface area contributed by atoms with Crippen molar-refractivity contribution in [3.8, 4) is 11.9 Å². The van der Waals surface area contributed by atoms with Crippen LogP contribution < -0.4 is 4.74 Å². The molecule has 1 aliphatic rings. The number of aromatic nitrogens is 2. The Balaban J connectivity index is 2.12. The average molecular weight is 275 g/mol. The van der Waals surface area contributed by atoms with Crippen molar-refractivity contribution in [1.29, 1.82) is 5.26 Å². The lowest BCUT2D eigenvalue weighted by Crippen LogP contribution is -2.26. The van der Waals surface area contributed by atoms with Crippen molar-refractivity contribution in [3.63, 3.8) is 0 Å². The second-order valence-corrected chi connectivity index (χ2v) is 4.92. The van der Waals surface area contributed by atoms with E-state index in [0.29, 0.717) is 18.1 Å². The van der Waals surface area contributed by atoms with Gasteiger partial charge in [-0.1, -0.05) is 13.8 Å². The van der Waals surface area contributed by atoms with E-state index in [2.05, 4.69) is 16.3 Å². The molecule has 1 aliphatic heterocycles. The van der Waals surface area contributed by atoms with Gasteiger partial charge in [0, 0.05) is 6.61 Å². The summed E-state index contributed by atoms with van der Waals surface area (Å²) >= 11 is 0. The second kappa shape index (κ2) is 7.20. The summed E-state index contributed by atoms with van der Waals surface area (Å²) in [7, 11) is 0. The zero-order valence-electron chi connectivity index (χ0n) is 12.2. The number of nitriles is 1. The highest BCUT2D eigenvalue weighted by atomic mass is 16.5. The highest BCUT2D eigenvalue weighted by Crippen LogP contribution is 2.22. The van der Waals surface area contributed by atoms with Gasteiger partial charge in [-0.15, -0.1) is 5.10 Å². The summed E-state index contributed by atoms with van der Waals surface area (Å²) < 4.78 is 11.3. The van der Waals surface area contributed by atoms with E-state index in [1.807, 2.05) is 13.8 Å². The van der Waals surface area contributed by atoms with Gasteiger partial charge in [-0.2, -0.15) is 10.4 Å². The minimum Gasteiger partial charge on any atom is -0.473 e. The van der Waals surface area contributed by atoms with Crippen LogP contribution in [0.3, 0.4) is 0 Å². The van der Waals surface area contributed by atoms with Crippen molar-refractivity contribution < 1.29 is 9.47 Å². The fourth-order valence-corrected chi connectivity index (χ4v) is 2.48. The van der Waals surface area contributed by atoms with E-state index in [-0.39, 0.29) is 6.10 Å². The summed E-state index contributed by atoms with van der Waals surface area (Å²) in [5.41, 5.74) is 2.35. The van der Waals surface area contributed by atoms with Crippen molar-refractivity contribution in [3.05, 3.63) is 16.8 Å². The Morgan fingerprint density at radius 3 is 2.75 bits per heavy atom. The topological polar surface area (TPSA) is 68.0 Å². The molecular weight excluding hydrogens is 254 g/mol. The molecule has 0 aromatic carbocycles. The summed E-state index contributed by atoms with van der Waals surface area (Å²) in [6.45, 7) is 5.27. The number of hydrogen-bond donors (Lipinski definition) is 0. The maximum atomic E-state index is 9.36. The standard InChI is InChI=1S/C15H21N3O2/c1-3-12-13(9-16)15(18-17-14(12)4-2)20-10-11-7-5-6-8-19-11/h11H,3-8,10H2,1-2H3. The Morgan fingerprint density at radius 1 is 1.30 bits per heavy atom. The number of ether oxygens (including phenoxy) is 2. The normalized spacial score (nSPS) is 18.6. The molecule has 1 atom stereocenters. The third-order valence-corrected chi connectivity index (χ3v) is 3.61. The molecule has 0 aliphatic carbocycles. The molecule has 0 N–H and O–H groups in total. The first-order valence-corrected chi connectivity index (χ1v) is 7.33. The smallest absolute Gasteiger partial charge is 0.251 e. The van der Waals surface area contributed by atoms with Crippen LogP contribution in [-0.4, -0.2) is 29.5 Å². The molecule has 0 spiro atoms. The van der Waals surface area contributed by atoms with Crippen LogP contribution in [0.2, 0.25) is 0 Å². The van der Waals surface area contributed by atoms with Gasteiger partial charge in [0.15, 0.2) is 0 Å². The van der Waals surface area contributed by atoms with Gasteiger partial charge in [-0.25, -0.2) is 0 Å². The summed E-state index contributed by atoms with van der Waals surface area (Å²) in [6, 6.07) is 2.21. The van der Waals surface area contributed by atoms with Crippen molar-refractivity contribution >= 4 is 0 Å². The Bertz CT molecular complexity index is 491. The first-order valence-electron chi connectivity index (χ1n) is 7.33. The average Bonchev–Trinajstić information content (AvgIpc) is 2.52. The van der Waals surface area contributed by atoms with Crippen LogP contribution in [0.15, 0.2) is 0 Å². The summed E-state index contributed by atoms with van der Waals surface area (Å²) in [5.74, 6) is 0.343. The number of hydrogen-bond acceptors (Lipinski definition) is 5. The first kappa shape index (κ1) is 14.7. The van der Waals surface area contributed by atoms with E-state index in [9.17, 15) is 5.26 Å². The maximum absolute atomic E-state index is 9.36. The van der Waals surface area contributed by atoms with Gasteiger partial charge in [0.2, 0.25) is 0 Å². The largest absolute Gasteiger partial charge is 0.473 e. The lowest BCUT2D eigenvalue weighted by Gasteiger charge is -2.22. The monoisotopic (exact) mass is 275 g/mol. The Labute approximate surface area is 119 Å². The van der Waals surface area contributed by atoms with Gasteiger partial charge >= 0.3 is 0 Å². The molecule has 0 saturated carbocycles. The van der Waals surface area contributed by atoms with Crippen LogP contribution in [0.4, 0.5) is 0 Å². The maximum Gasteiger partial charge on any atom is 0.251 e. The highest BCUT2D eigenvalue weighted by molar-refractivity contribution is 5.46. The van der Waals surface area contributed by atoms with E-state index in [1.54, 1.807) is 0 Å². The highest BCUT2D eigenvalue weighted by Gasteiger charge is 2.19. The van der Waals surface area contributed by atoms with Gasteiger partial charge in [0.1, 0.15) is 18.2 Å². The summed E-state index contributed by atoms with van der Waals surface area (Å²) in [5, 5.41) is 17.6. The van der Waals surface area contributed by atoms with Crippen molar-refractivity contribution in [2.24, 2.45) is 0 Å². The van der Waals surface area contributed by atoms with Gasteiger partial charge in [0.05, 0.1) is 11.8 Å². The van der Waals surface area contributed by atoms with Crippen molar-refractivity contribution in [2.75, 3.05) is 13.2 Å². The third kappa shape index (κ3) is 3.26. The quantitative estimate of drug-likeness (QED) is 0.825. The summed E-state index contributed by atoms with van der Waals surface area (Å²) in [4.78, 5) is 0. The molecule has 1 aromatic rings. The van der Waals surface area contributed by atoms with E-state index in [4.69, 9.17) is 9.47 Å². The van der Waals surface area contributed by atoms with E-state index in [1.165, 1.54) is 6.42 Å². The Hall–Kier alpha value is -1.67. The SMILES string of the molecule is CCc1nnc(OCC2CCCCO2)c(C#N)c1CC. The lowest BCUT2D eigenvalue weighted by molar-refractivity contribution is -0.0122. The Morgan fingerprint density at radius 2 is 2.15 bits per heavy atom. The van der Waals surface area contributed by atoms with Gasteiger partial charge < -0.3 is 9.47 Å². The zero-order valence-corrected chi connectivity index (χ0v) is 12.2. The molecule has 0 radical (unpaired) electrons. The van der Waals surface area contributed by atoms with Crippen LogP contribution in [0.25, 0.3) is 0 Å². The van der Waals surface area contributed by atoms with Crippen LogP contribution in [0, 0.1) is 11.3 Å². The molecule has 2 rings (SSSR count). The fraction of sp³-hybridized carbons (Fsp3) is 0.667. The molecule has 1 aromatic heterocycles. The van der Waals surface area contributed by atoms with E-state index in [0.717, 1.165) is 43.5 Å². The molecule has 20 heavy (non-hydrogen) atoms. The molecule has 1 saturated heterocycles. The summed E-state index contributed by atoms with van der Waals surface area (Å²) in [6.07, 6.45) is 4.93. The van der Waals surface area contributed by atoms with Crippen LogP contribution in [0.5, 0.6) is 5.88 Å². The molecular formula is C15H21N3O2. The zero-order chi connectivity index (χ0) is 14.4. The molecule has 1 unspecified atom stereocenters. The molecule has 0 bridgehead atoms. The number of aryl methyl sites for hydroxylation is 1. The van der Waals surface area contributed by atoms with Crippen LogP contribution >= 0.6 is 0 Å². The van der Waals surface area contributed by atoms with E-state index < -0.39 is 0 Å². The Kier molecular flexibility index (Phi) is 5.31. The van der Waals surface area contributed by atoms with Gasteiger partial charge in [-0.3, -0.25) is 0 Å². The predicted molar refractivity (Wildman–Crippen MR) is 74.6 cm³/mol. The second-order valence-electron chi connectivity index (χ2n) is 4.92. The minimum absolute atomic E-state index is 0.105. The molecule has 108 valence electrons. The van der Waals surface area contributed by atoms with Gasteiger partial charge in [-0.05, 0) is 37.7 Å². The molecule has 0 amide bonds. The molecule has 1 fully saturated rings. The van der Waals surface area contributed by atoms with Crippen molar-refractivity contribution in [2.45, 2.75) is 52.1 Å². The van der Waals surface area contributed by atoms with Crippen molar-refractivity contribution in [1.82, 2.24) is 10.2 Å².